The molecule has 8 heteroatoms. The number of anilines is 1. The average Bonchev–Trinajstić information content (AvgIpc) is 3.30. The van der Waals surface area contributed by atoms with Gasteiger partial charge in [0.15, 0.2) is 0 Å². The molecule has 0 spiro atoms. The highest BCUT2D eigenvalue weighted by Gasteiger charge is 2.35. The maximum Gasteiger partial charge on any atom is 0.249 e. The van der Waals surface area contributed by atoms with E-state index in [1.54, 1.807) is 6.07 Å². The fourth-order valence-electron chi connectivity index (χ4n) is 4.41. The lowest BCUT2D eigenvalue weighted by atomic mass is 9.95. The molecule has 1 fully saturated rings. The molecule has 1 aliphatic carbocycles. The molecule has 0 bridgehead atoms. The molecule has 0 heterocycles. The van der Waals surface area contributed by atoms with Crippen LogP contribution in [0.25, 0.3) is 10.8 Å². The fraction of sp³-hybridized carbons (Fsp3) is 0.423. The van der Waals surface area contributed by atoms with Gasteiger partial charge in [0.05, 0.1) is 24.7 Å². The van der Waals surface area contributed by atoms with Crippen molar-refractivity contribution in [2.45, 2.75) is 50.1 Å². The molecule has 2 aromatic rings. The number of hydrogen-bond acceptors (Lipinski definition) is 5. The summed E-state index contributed by atoms with van der Waals surface area (Å²) in [5.74, 6) is -2.17. The van der Waals surface area contributed by atoms with E-state index in [4.69, 9.17) is 0 Å². The second kappa shape index (κ2) is 11.8. The van der Waals surface area contributed by atoms with Crippen molar-refractivity contribution in [2.75, 3.05) is 18.5 Å². The third kappa shape index (κ3) is 6.42. The fourth-order valence-corrected chi connectivity index (χ4v) is 4.41. The molecule has 182 valence electrons. The van der Waals surface area contributed by atoms with E-state index in [0.717, 1.165) is 23.6 Å². The summed E-state index contributed by atoms with van der Waals surface area (Å²) < 4.78 is 0. The lowest BCUT2D eigenvalue weighted by Crippen LogP contribution is -2.51. The topological polar surface area (TPSA) is 128 Å². The minimum Gasteiger partial charge on any atom is -0.394 e. The van der Waals surface area contributed by atoms with Crippen molar-refractivity contribution in [3.05, 3.63) is 55.1 Å². The Morgan fingerprint density at radius 1 is 1.03 bits per heavy atom. The molecular formula is C26H33N3O5. The van der Waals surface area contributed by atoms with Crippen molar-refractivity contribution in [1.82, 2.24) is 10.6 Å². The average molecular weight is 468 g/mol. The molecule has 3 amide bonds. The van der Waals surface area contributed by atoms with Crippen molar-refractivity contribution in [3.8, 4) is 0 Å². The lowest BCUT2D eigenvalue weighted by Gasteiger charge is -2.29. The van der Waals surface area contributed by atoms with Crippen LogP contribution in [0, 0.1) is 5.92 Å². The number of fused-ring (bicyclic) bond motifs is 1. The Bertz CT molecular complexity index is 1030. The van der Waals surface area contributed by atoms with Crippen LogP contribution in [0.2, 0.25) is 0 Å². The predicted molar refractivity (Wildman–Crippen MR) is 131 cm³/mol. The van der Waals surface area contributed by atoms with E-state index in [1.807, 2.05) is 36.4 Å². The summed E-state index contributed by atoms with van der Waals surface area (Å²) in [6.07, 6.45) is 4.94. The highest BCUT2D eigenvalue weighted by molar-refractivity contribution is 5.99. The number of benzene rings is 2. The molecule has 0 unspecified atom stereocenters. The Morgan fingerprint density at radius 3 is 2.38 bits per heavy atom. The van der Waals surface area contributed by atoms with Gasteiger partial charge in [-0.1, -0.05) is 49.2 Å². The number of rotatable bonds is 11. The molecule has 8 nitrogen and oxygen atoms in total. The molecule has 1 saturated carbocycles. The van der Waals surface area contributed by atoms with Gasteiger partial charge >= 0.3 is 0 Å². The van der Waals surface area contributed by atoms with Crippen LogP contribution in [0.4, 0.5) is 5.69 Å². The van der Waals surface area contributed by atoms with Crippen LogP contribution >= 0.6 is 0 Å². The van der Waals surface area contributed by atoms with E-state index in [0.29, 0.717) is 18.5 Å². The Hall–Kier alpha value is -3.23. The molecule has 0 saturated heterocycles. The van der Waals surface area contributed by atoms with Gasteiger partial charge in [-0.25, -0.2) is 0 Å². The monoisotopic (exact) mass is 467 g/mol. The van der Waals surface area contributed by atoms with Gasteiger partial charge in [-0.2, -0.15) is 0 Å². The van der Waals surface area contributed by atoms with E-state index in [9.17, 15) is 24.6 Å². The molecule has 0 aromatic heterocycles. The van der Waals surface area contributed by atoms with E-state index in [2.05, 4.69) is 22.5 Å². The summed E-state index contributed by atoms with van der Waals surface area (Å²) in [5.41, 5.74) is -0.0797. The van der Waals surface area contributed by atoms with Crippen LogP contribution in [0.5, 0.6) is 0 Å². The second-order valence-electron chi connectivity index (χ2n) is 8.91. The van der Waals surface area contributed by atoms with Crippen LogP contribution in [-0.4, -0.2) is 52.7 Å². The van der Waals surface area contributed by atoms with Crippen molar-refractivity contribution >= 4 is 34.2 Å². The van der Waals surface area contributed by atoms with E-state index < -0.39 is 35.9 Å². The zero-order valence-electron chi connectivity index (χ0n) is 19.3. The number of hydrogen-bond donors (Lipinski definition) is 5. The Morgan fingerprint density at radius 2 is 1.74 bits per heavy atom. The van der Waals surface area contributed by atoms with Crippen molar-refractivity contribution in [3.63, 3.8) is 0 Å². The Balaban J connectivity index is 1.61. The quantitative estimate of drug-likeness (QED) is 0.324. The van der Waals surface area contributed by atoms with Crippen LogP contribution < -0.4 is 16.0 Å². The van der Waals surface area contributed by atoms with Crippen molar-refractivity contribution < 1.29 is 24.6 Å². The second-order valence-corrected chi connectivity index (χ2v) is 8.91. The van der Waals surface area contributed by atoms with Crippen molar-refractivity contribution in [2.24, 2.45) is 5.92 Å². The number of aliphatic hydroxyl groups excluding tert-OH is 2. The van der Waals surface area contributed by atoms with Crippen LogP contribution in [0.1, 0.15) is 38.5 Å². The number of amides is 3. The maximum absolute atomic E-state index is 12.9. The van der Waals surface area contributed by atoms with Crippen LogP contribution in [-0.2, 0) is 14.4 Å². The molecule has 5 N–H and O–H groups in total. The first-order valence-electron chi connectivity index (χ1n) is 11.6. The first-order valence-corrected chi connectivity index (χ1v) is 11.6. The molecule has 3 rings (SSSR count). The Labute approximate surface area is 199 Å². The number of allylic oxidation sites excluding steroid dienone is 1. The zero-order valence-corrected chi connectivity index (χ0v) is 19.3. The van der Waals surface area contributed by atoms with E-state index in [-0.39, 0.29) is 25.4 Å². The summed E-state index contributed by atoms with van der Waals surface area (Å²) in [4.78, 5) is 38.2. The number of carbonyl (C=O) groups is 3. The first-order chi connectivity index (χ1) is 16.4. The summed E-state index contributed by atoms with van der Waals surface area (Å²) in [5, 5.41) is 29.6. The van der Waals surface area contributed by atoms with Gasteiger partial charge < -0.3 is 26.2 Å². The molecule has 2 aromatic carbocycles. The number of aliphatic hydroxyl groups is 2. The van der Waals surface area contributed by atoms with Crippen molar-refractivity contribution in [1.29, 1.82) is 0 Å². The van der Waals surface area contributed by atoms with Gasteiger partial charge in [0.1, 0.15) is 6.04 Å². The molecule has 0 aliphatic heterocycles. The normalized spacial score (nSPS) is 16.4. The minimum atomic E-state index is -1.17. The smallest absolute Gasteiger partial charge is 0.249 e. The van der Waals surface area contributed by atoms with E-state index >= 15 is 0 Å². The van der Waals surface area contributed by atoms with Gasteiger partial charge in [0, 0.05) is 12.1 Å². The third-order valence-corrected chi connectivity index (χ3v) is 6.35. The largest absolute Gasteiger partial charge is 0.394 e. The molecule has 0 radical (unpaired) electrons. The standard InChI is InChI=1S/C26H33N3O5/c1-2-7-20(15-23(32)29-26(17-31)12-5-6-13-26)24(33)28-22(16-30)25(34)27-21-11-10-18-8-3-4-9-19(18)14-21/h2-4,8-11,14,20,22,30-31H,1,5-7,12-13,15-17H2,(H,27,34)(H,28,33)(H,29,32)/t20-,22+/m1/s1. The maximum atomic E-state index is 12.9. The summed E-state index contributed by atoms with van der Waals surface area (Å²) in [6, 6.07) is 12.0. The highest BCUT2D eigenvalue weighted by atomic mass is 16.3. The van der Waals surface area contributed by atoms with Gasteiger partial charge in [-0.15, -0.1) is 6.58 Å². The van der Waals surface area contributed by atoms with Gasteiger partial charge in [-0.05, 0) is 42.2 Å². The van der Waals surface area contributed by atoms with Crippen LogP contribution in [0.3, 0.4) is 0 Å². The minimum absolute atomic E-state index is 0.107. The SMILES string of the molecule is C=CC[C@H](CC(=O)NC1(CO)CCCC1)C(=O)N[C@@H](CO)C(=O)Nc1ccc2ccccc2c1. The molecule has 34 heavy (non-hydrogen) atoms. The molecule has 2 atom stereocenters. The number of carbonyl (C=O) groups excluding carboxylic acids is 3. The third-order valence-electron chi connectivity index (χ3n) is 6.35. The zero-order chi connectivity index (χ0) is 24.6. The van der Waals surface area contributed by atoms with Gasteiger partial charge in [0.25, 0.3) is 0 Å². The summed E-state index contributed by atoms with van der Waals surface area (Å²) >= 11 is 0. The molecular weight excluding hydrogens is 434 g/mol. The highest BCUT2D eigenvalue weighted by Crippen LogP contribution is 2.29. The summed E-state index contributed by atoms with van der Waals surface area (Å²) in [7, 11) is 0. The van der Waals surface area contributed by atoms with E-state index in [1.165, 1.54) is 6.08 Å². The Kier molecular flexibility index (Phi) is 8.79. The predicted octanol–water partition coefficient (Wildman–Crippen LogP) is 2.26. The lowest BCUT2D eigenvalue weighted by molar-refractivity contribution is -0.133. The first kappa shape index (κ1) is 25.4. The summed E-state index contributed by atoms with van der Waals surface area (Å²) in [6.45, 7) is 2.93. The number of nitrogens with one attached hydrogen (secondary N) is 3. The van der Waals surface area contributed by atoms with Crippen LogP contribution in [0.15, 0.2) is 55.1 Å². The molecule has 1 aliphatic rings. The van der Waals surface area contributed by atoms with Gasteiger partial charge in [-0.3, -0.25) is 14.4 Å². The van der Waals surface area contributed by atoms with Gasteiger partial charge in [0.2, 0.25) is 17.7 Å².